The Labute approximate surface area is 230 Å². The number of benzene rings is 3. The van der Waals surface area contributed by atoms with Gasteiger partial charge in [0.1, 0.15) is 6.10 Å². The van der Waals surface area contributed by atoms with Crippen molar-refractivity contribution in [3.63, 3.8) is 0 Å². The summed E-state index contributed by atoms with van der Waals surface area (Å²) in [6.45, 7) is 5.75. The van der Waals surface area contributed by atoms with Gasteiger partial charge in [-0.05, 0) is 68.3 Å². The van der Waals surface area contributed by atoms with Crippen LogP contribution in [-0.4, -0.2) is 58.2 Å². The highest BCUT2D eigenvalue weighted by Crippen LogP contribution is 2.31. The second-order valence-corrected chi connectivity index (χ2v) is 10.4. The first kappa shape index (κ1) is 27.1. The second-order valence-electron chi connectivity index (χ2n) is 10.4. The Hall–Kier alpha value is -3.44. The van der Waals surface area contributed by atoms with Crippen LogP contribution in [0, 0.1) is 24.7 Å². The van der Waals surface area contributed by atoms with E-state index in [1.165, 1.54) is 16.5 Å². The lowest BCUT2D eigenvalue weighted by molar-refractivity contribution is -0.189. The molecule has 0 amide bonds. The third kappa shape index (κ3) is 6.59. The molecule has 2 heterocycles. The molecule has 1 saturated heterocycles. The summed E-state index contributed by atoms with van der Waals surface area (Å²) in [5.41, 5.74) is 6.68. The van der Waals surface area contributed by atoms with Crippen molar-refractivity contribution in [1.29, 1.82) is 0 Å². The normalized spacial score (nSPS) is 20.2. The summed E-state index contributed by atoms with van der Waals surface area (Å²) in [6.07, 6.45) is 1.84. The molecule has 1 aliphatic rings. The molecular weight excluding hydrogens is 486 g/mol. The van der Waals surface area contributed by atoms with Crippen molar-refractivity contribution < 1.29 is 15.1 Å². The number of para-hydroxylation sites is 1. The zero-order valence-corrected chi connectivity index (χ0v) is 22.6. The maximum absolute atomic E-state index is 10.4. The van der Waals surface area contributed by atoms with E-state index in [1.807, 2.05) is 35.4 Å². The lowest BCUT2D eigenvalue weighted by Crippen LogP contribution is -2.43. The number of H-pyrrole nitrogens is 1. The molecule has 0 bridgehead atoms. The van der Waals surface area contributed by atoms with E-state index in [-0.39, 0.29) is 18.6 Å². The van der Waals surface area contributed by atoms with Gasteiger partial charge in [0.2, 0.25) is 0 Å². The molecule has 4 N–H and O–H groups in total. The number of hydroxylamine groups is 2. The van der Waals surface area contributed by atoms with Crippen LogP contribution < -0.4 is 5.32 Å². The van der Waals surface area contributed by atoms with E-state index in [0.717, 1.165) is 35.2 Å². The summed E-state index contributed by atoms with van der Waals surface area (Å²) >= 11 is 0. The van der Waals surface area contributed by atoms with Gasteiger partial charge < -0.3 is 20.5 Å². The molecule has 4 aromatic rings. The van der Waals surface area contributed by atoms with E-state index in [0.29, 0.717) is 13.1 Å². The van der Waals surface area contributed by atoms with E-state index >= 15 is 0 Å². The molecule has 0 aliphatic carbocycles. The standard InChI is InChI=1S/C33H37N3O3/c1-23-7-9-25(10-8-23)11-12-26-13-15-27(16-14-26)21-36-32(30(22-37)33(39-36)24(2)38)20-34-18-17-28-19-35-31-6-4-3-5-29(28)31/h3-10,13-16,19,24,30,32-35,37-38H,17-18,20-22H2,1-2H3/t24-,30-,32+,33-/m1/s1. The van der Waals surface area contributed by atoms with E-state index in [4.69, 9.17) is 4.84 Å². The van der Waals surface area contributed by atoms with Gasteiger partial charge in [-0.25, -0.2) is 0 Å². The number of nitrogens with one attached hydrogen (secondary N) is 2. The van der Waals surface area contributed by atoms with Gasteiger partial charge >= 0.3 is 0 Å². The Bertz CT molecular complexity index is 1420. The van der Waals surface area contributed by atoms with Gasteiger partial charge in [0, 0.05) is 47.2 Å². The van der Waals surface area contributed by atoms with Crippen LogP contribution in [0.25, 0.3) is 10.9 Å². The van der Waals surface area contributed by atoms with Crippen LogP contribution in [0.1, 0.15) is 34.7 Å². The van der Waals surface area contributed by atoms with Crippen molar-refractivity contribution in [1.82, 2.24) is 15.4 Å². The first-order valence-electron chi connectivity index (χ1n) is 13.7. The van der Waals surface area contributed by atoms with Gasteiger partial charge in [-0.2, -0.15) is 5.06 Å². The Kier molecular flexibility index (Phi) is 8.77. The molecule has 1 fully saturated rings. The Morgan fingerprint density at radius 3 is 2.38 bits per heavy atom. The number of rotatable bonds is 9. The zero-order valence-electron chi connectivity index (χ0n) is 22.6. The molecule has 39 heavy (non-hydrogen) atoms. The molecule has 5 rings (SSSR count). The second kappa shape index (κ2) is 12.6. The van der Waals surface area contributed by atoms with E-state index < -0.39 is 12.2 Å². The maximum Gasteiger partial charge on any atom is 0.111 e. The molecular formula is C33H37N3O3. The van der Waals surface area contributed by atoms with Crippen molar-refractivity contribution >= 4 is 10.9 Å². The largest absolute Gasteiger partial charge is 0.396 e. The summed E-state index contributed by atoms with van der Waals surface area (Å²) in [5.74, 6) is 6.26. The highest BCUT2D eigenvalue weighted by Gasteiger charge is 2.44. The van der Waals surface area contributed by atoms with Gasteiger partial charge in [0.15, 0.2) is 0 Å². The van der Waals surface area contributed by atoms with Crippen LogP contribution in [0.15, 0.2) is 79.0 Å². The molecule has 202 valence electrons. The number of fused-ring (bicyclic) bond motifs is 1. The summed E-state index contributed by atoms with van der Waals surface area (Å²) in [5, 5.41) is 27.3. The SMILES string of the molecule is Cc1ccc(C#Cc2ccc(CN3O[C@H]([C@@H](C)O)[C@H](CO)[C@@H]3CNCCc3c[nH]c4ccccc34)cc2)cc1. The average molecular weight is 524 g/mol. The highest BCUT2D eigenvalue weighted by atomic mass is 16.7. The van der Waals surface area contributed by atoms with Gasteiger partial charge in [0.05, 0.1) is 18.8 Å². The van der Waals surface area contributed by atoms with Crippen LogP contribution in [0.4, 0.5) is 0 Å². The first-order chi connectivity index (χ1) is 19.0. The molecule has 1 aliphatic heterocycles. The third-order valence-corrected chi connectivity index (χ3v) is 7.52. The lowest BCUT2D eigenvalue weighted by Gasteiger charge is -2.25. The maximum atomic E-state index is 10.4. The number of aromatic nitrogens is 1. The predicted octanol–water partition coefficient (Wildman–Crippen LogP) is 4.18. The van der Waals surface area contributed by atoms with Gasteiger partial charge in [-0.1, -0.05) is 59.9 Å². The van der Waals surface area contributed by atoms with Gasteiger partial charge in [-0.15, -0.1) is 0 Å². The van der Waals surface area contributed by atoms with E-state index in [9.17, 15) is 10.2 Å². The fourth-order valence-corrected chi connectivity index (χ4v) is 5.29. The molecule has 0 radical (unpaired) electrons. The summed E-state index contributed by atoms with van der Waals surface area (Å²) in [6, 6.07) is 24.6. The van der Waals surface area contributed by atoms with Crippen LogP contribution in [0.5, 0.6) is 0 Å². The van der Waals surface area contributed by atoms with Crippen LogP contribution in [0.2, 0.25) is 0 Å². The smallest absolute Gasteiger partial charge is 0.111 e. The lowest BCUT2D eigenvalue weighted by atomic mass is 9.92. The monoisotopic (exact) mass is 523 g/mol. The molecule has 1 aromatic heterocycles. The average Bonchev–Trinajstić information content (AvgIpc) is 3.52. The van der Waals surface area contributed by atoms with Crippen molar-refractivity contribution in [2.75, 3.05) is 19.7 Å². The van der Waals surface area contributed by atoms with Crippen LogP contribution in [0.3, 0.4) is 0 Å². The molecule has 6 heteroatoms. The van der Waals surface area contributed by atoms with Crippen molar-refractivity contribution in [2.45, 2.75) is 45.1 Å². The van der Waals surface area contributed by atoms with Gasteiger partial charge in [-0.3, -0.25) is 4.84 Å². The number of aliphatic hydroxyl groups is 2. The molecule has 4 atom stereocenters. The number of aromatic amines is 1. The molecule has 0 saturated carbocycles. The molecule has 6 nitrogen and oxygen atoms in total. The van der Waals surface area contributed by atoms with Gasteiger partial charge in [0.25, 0.3) is 0 Å². The van der Waals surface area contributed by atoms with E-state index in [2.05, 4.69) is 77.7 Å². The topological polar surface area (TPSA) is 80.8 Å². The third-order valence-electron chi connectivity index (χ3n) is 7.52. The minimum atomic E-state index is -0.680. The van der Waals surface area contributed by atoms with E-state index in [1.54, 1.807) is 6.92 Å². The number of aryl methyl sites for hydroxylation is 1. The molecule has 0 spiro atoms. The molecule has 0 unspecified atom stereocenters. The van der Waals surface area contributed by atoms with Crippen molar-refractivity contribution in [3.05, 3.63) is 107 Å². The Morgan fingerprint density at radius 2 is 1.69 bits per heavy atom. The predicted molar refractivity (Wildman–Crippen MR) is 155 cm³/mol. The fraction of sp³-hybridized carbons (Fsp3) is 0.333. The zero-order chi connectivity index (χ0) is 27.2. The quantitative estimate of drug-likeness (QED) is 0.196. The number of hydrogen-bond donors (Lipinski definition) is 4. The van der Waals surface area contributed by atoms with Crippen molar-refractivity contribution in [3.8, 4) is 11.8 Å². The summed E-state index contributed by atoms with van der Waals surface area (Å²) in [4.78, 5) is 9.53. The van der Waals surface area contributed by atoms with Crippen LogP contribution >= 0.6 is 0 Å². The number of hydrogen-bond acceptors (Lipinski definition) is 5. The Morgan fingerprint density at radius 1 is 1.00 bits per heavy atom. The van der Waals surface area contributed by atoms with Crippen LogP contribution in [-0.2, 0) is 17.8 Å². The minimum absolute atomic E-state index is 0.0472. The molecule has 3 aromatic carbocycles. The summed E-state index contributed by atoms with van der Waals surface area (Å²) < 4.78 is 0. The Balaban J connectivity index is 1.22. The summed E-state index contributed by atoms with van der Waals surface area (Å²) in [7, 11) is 0. The first-order valence-corrected chi connectivity index (χ1v) is 13.7. The number of aliphatic hydroxyl groups excluding tert-OH is 2. The fourth-order valence-electron chi connectivity index (χ4n) is 5.29. The minimum Gasteiger partial charge on any atom is -0.396 e. The highest BCUT2D eigenvalue weighted by molar-refractivity contribution is 5.83. The number of nitrogens with zero attached hydrogens (tertiary/aromatic N) is 1. The van der Waals surface area contributed by atoms with Crippen molar-refractivity contribution in [2.24, 2.45) is 5.92 Å².